The number of amides is 1. The minimum atomic E-state index is -0.650. The average molecular weight is 296 g/mol. The second kappa shape index (κ2) is 7.65. The molecule has 0 spiro atoms. The van der Waals surface area contributed by atoms with Crippen LogP contribution in [-0.2, 0) is 16.1 Å². The second-order valence-electron chi connectivity index (χ2n) is 5.34. The molecular formula is C16H22ClNO2. The molecule has 1 unspecified atom stereocenters. The van der Waals surface area contributed by atoms with Gasteiger partial charge >= 0.3 is 0 Å². The smallest absolute Gasteiger partial charge is 0.242 e. The highest BCUT2D eigenvalue weighted by Gasteiger charge is 2.23. The summed E-state index contributed by atoms with van der Waals surface area (Å²) in [5, 5.41) is 2.42. The van der Waals surface area contributed by atoms with E-state index in [-0.39, 0.29) is 11.9 Å². The molecule has 1 saturated carbocycles. The Hall–Kier alpha value is -1.06. The molecule has 1 fully saturated rings. The maximum absolute atomic E-state index is 12.3. The standard InChI is InChI=1S/C16H22ClNO2/c1-20-11-12-7-5-6-10-14(12)15(17)16(19)18-13-8-3-2-4-9-13/h5-7,10,13,15H,2-4,8-9,11H2,1H3,(H,18,19). The molecule has 0 bridgehead atoms. The molecule has 0 aliphatic heterocycles. The Morgan fingerprint density at radius 3 is 2.75 bits per heavy atom. The third kappa shape index (κ3) is 3.97. The number of alkyl halides is 1. The first-order valence-corrected chi connectivity index (χ1v) is 7.67. The van der Waals surface area contributed by atoms with Crippen molar-refractivity contribution in [3.05, 3.63) is 35.4 Å². The van der Waals surface area contributed by atoms with Crippen molar-refractivity contribution in [2.75, 3.05) is 7.11 Å². The third-order valence-electron chi connectivity index (χ3n) is 3.81. The van der Waals surface area contributed by atoms with Crippen LogP contribution < -0.4 is 5.32 Å². The zero-order valence-electron chi connectivity index (χ0n) is 11.9. The van der Waals surface area contributed by atoms with Crippen LogP contribution in [0.5, 0.6) is 0 Å². The van der Waals surface area contributed by atoms with Crippen molar-refractivity contribution in [3.63, 3.8) is 0 Å². The monoisotopic (exact) mass is 295 g/mol. The molecule has 0 aromatic heterocycles. The van der Waals surface area contributed by atoms with Crippen LogP contribution >= 0.6 is 11.6 Å². The lowest BCUT2D eigenvalue weighted by Crippen LogP contribution is -2.38. The molecule has 20 heavy (non-hydrogen) atoms. The van der Waals surface area contributed by atoms with Crippen molar-refractivity contribution in [2.45, 2.75) is 50.1 Å². The van der Waals surface area contributed by atoms with Gasteiger partial charge in [0.15, 0.2) is 0 Å². The van der Waals surface area contributed by atoms with Gasteiger partial charge in [0.2, 0.25) is 5.91 Å². The molecule has 1 aromatic rings. The van der Waals surface area contributed by atoms with Crippen molar-refractivity contribution >= 4 is 17.5 Å². The van der Waals surface area contributed by atoms with Crippen LogP contribution in [0, 0.1) is 0 Å². The van der Waals surface area contributed by atoms with Crippen LogP contribution in [0.2, 0.25) is 0 Å². The topological polar surface area (TPSA) is 38.3 Å². The lowest BCUT2D eigenvalue weighted by molar-refractivity contribution is -0.121. The predicted octanol–water partition coefficient (Wildman–Crippen LogP) is 3.56. The maximum atomic E-state index is 12.3. The third-order valence-corrected chi connectivity index (χ3v) is 4.24. The molecule has 4 heteroatoms. The summed E-state index contributed by atoms with van der Waals surface area (Å²) in [6, 6.07) is 7.96. The van der Waals surface area contributed by atoms with Gasteiger partial charge in [0, 0.05) is 13.2 Å². The van der Waals surface area contributed by atoms with Crippen LogP contribution in [0.4, 0.5) is 0 Å². The Labute approximate surface area is 125 Å². The zero-order valence-corrected chi connectivity index (χ0v) is 12.7. The number of hydrogen-bond donors (Lipinski definition) is 1. The van der Waals surface area contributed by atoms with E-state index in [0.29, 0.717) is 6.61 Å². The number of ether oxygens (including phenoxy) is 1. The van der Waals surface area contributed by atoms with Gasteiger partial charge in [-0.05, 0) is 24.0 Å². The highest BCUT2D eigenvalue weighted by molar-refractivity contribution is 6.30. The molecule has 3 nitrogen and oxygen atoms in total. The number of halogens is 1. The maximum Gasteiger partial charge on any atom is 0.242 e. The Morgan fingerprint density at radius 1 is 1.35 bits per heavy atom. The molecule has 1 amide bonds. The number of hydrogen-bond acceptors (Lipinski definition) is 2. The Bertz CT molecular complexity index is 444. The average Bonchev–Trinajstić information content (AvgIpc) is 2.48. The van der Waals surface area contributed by atoms with E-state index in [2.05, 4.69) is 5.32 Å². The molecule has 0 saturated heterocycles. The van der Waals surface area contributed by atoms with Crippen LogP contribution in [0.3, 0.4) is 0 Å². The van der Waals surface area contributed by atoms with Gasteiger partial charge in [-0.3, -0.25) is 4.79 Å². The van der Waals surface area contributed by atoms with Crippen LogP contribution in [0.25, 0.3) is 0 Å². The van der Waals surface area contributed by atoms with Crippen molar-refractivity contribution in [1.82, 2.24) is 5.32 Å². The van der Waals surface area contributed by atoms with E-state index >= 15 is 0 Å². The lowest BCUT2D eigenvalue weighted by atomic mass is 9.95. The molecule has 1 aromatic carbocycles. The number of rotatable bonds is 5. The Balaban J connectivity index is 2.02. The lowest BCUT2D eigenvalue weighted by Gasteiger charge is -2.24. The fraction of sp³-hybridized carbons (Fsp3) is 0.562. The molecule has 1 aliphatic rings. The molecule has 0 heterocycles. The fourth-order valence-electron chi connectivity index (χ4n) is 2.73. The molecule has 2 rings (SSSR count). The summed E-state index contributed by atoms with van der Waals surface area (Å²) >= 11 is 6.35. The van der Waals surface area contributed by atoms with Crippen LogP contribution in [-0.4, -0.2) is 19.1 Å². The van der Waals surface area contributed by atoms with Crippen molar-refractivity contribution < 1.29 is 9.53 Å². The van der Waals surface area contributed by atoms with Gasteiger partial charge < -0.3 is 10.1 Å². The normalized spacial score (nSPS) is 17.7. The summed E-state index contributed by atoms with van der Waals surface area (Å²) in [4.78, 5) is 12.3. The highest BCUT2D eigenvalue weighted by Crippen LogP contribution is 2.26. The first-order valence-electron chi connectivity index (χ1n) is 7.23. The summed E-state index contributed by atoms with van der Waals surface area (Å²) in [6.45, 7) is 0.468. The SMILES string of the molecule is COCc1ccccc1C(Cl)C(=O)NC1CCCCC1. The number of carbonyl (C=O) groups is 1. The number of carbonyl (C=O) groups excluding carboxylic acids is 1. The molecule has 1 N–H and O–H groups in total. The predicted molar refractivity (Wildman–Crippen MR) is 80.8 cm³/mol. The van der Waals surface area contributed by atoms with E-state index in [9.17, 15) is 4.79 Å². The Morgan fingerprint density at radius 2 is 2.05 bits per heavy atom. The van der Waals surface area contributed by atoms with E-state index in [1.165, 1.54) is 19.3 Å². The summed E-state index contributed by atoms with van der Waals surface area (Å²) in [5.41, 5.74) is 1.80. The van der Waals surface area contributed by atoms with Crippen LogP contribution in [0.15, 0.2) is 24.3 Å². The zero-order chi connectivity index (χ0) is 14.4. The number of methoxy groups -OCH3 is 1. The molecule has 110 valence electrons. The summed E-state index contributed by atoms with van der Waals surface area (Å²) in [6.07, 6.45) is 5.79. The summed E-state index contributed by atoms with van der Waals surface area (Å²) < 4.78 is 5.16. The van der Waals surface area contributed by atoms with E-state index in [0.717, 1.165) is 24.0 Å². The van der Waals surface area contributed by atoms with Crippen LogP contribution in [0.1, 0.15) is 48.6 Å². The number of nitrogens with one attached hydrogen (secondary N) is 1. The van der Waals surface area contributed by atoms with Gasteiger partial charge in [0.25, 0.3) is 0 Å². The fourth-order valence-corrected chi connectivity index (χ4v) is 3.01. The van der Waals surface area contributed by atoms with E-state index in [1.807, 2.05) is 24.3 Å². The van der Waals surface area contributed by atoms with E-state index < -0.39 is 5.38 Å². The van der Waals surface area contributed by atoms with Crippen molar-refractivity contribution in [3.8, 4) is 0 Å². The largest absolute Gasteiger partial charge is 0.380 e. The molecule has 1 atom stereocenters. The summed E-state index contributed by atoms with van der Waals surface area (Å²) in [5.74, 6) is -0.0953. The minimum Gasteiger partial charge on any atom is -0.380 e. The molecule has 1 aliphatic carbocycles. The summed E-state index contributed by atoms with van der Waals surface area (Å²) in [7, 11) is 1.64. The van der Waals surface area contributed by atoms with Gasteiger partial charge in [0.05, 0.1) is 6.61 Å². The highest BCUT2D eigenvalue weighted by atomic mass is 35.5. The Kier molecular flexibility index (Phi) is 5.86. The first kappa shape index (κ1) is 15.3. The number of benzene rings is 1. The van der Waals surface area contributed by atoms with Crippen molar-refractivity contribution in [2.24, 2.45) is 0 Å². The van der Waals surface area contributed by atoms with Gasteiger partial charge in [-0.25, -0.2) is 0 Å². The minimum absolute atomic E-state index is 0.0953. The van der Waals surface area contributed by atoms with Gasteiger partial charge in [0.1, 0.15) is 5.38 Å². The molecular weight excluding hydrogens is 274 g/mol. The van der Waals surface area contributed by atoms with Gasteiger partial charge in [-0.15, -0.1) is 11.6 Å². The van der Waals surface area contributed by atoms with E-state index in [1.54, 1.807) is 7.11 Å². The van der Waals surface area contributed by atoms with Crippen molar-refractivity contribution in [1.29, 1.82) is 0 Å². The van der Waals surface area contributed by atoms with Gasteiger partial charge in [-0.2, -0.15) is 0 Å². The van der Waals surface area contributed by atoms with E-state index in [4.69, 9.17) is 16.3 Å². The van der Waals surface area contributed by atoms with Gasteiger partial charge in [-0.1, -0.05) is 43.5 Å². The second-order valence-corrected chi connectivity index (χ2v) is 5.77. The molecule has 0 radical (unpaired) electrons. The quantitative estimate of drug-likeness (QED) is 0.844. The first-order chi connectivity index (χ1) is 9.72.